The minimum atomic E-state index is -0.955. The highest BCUT2D eigenvalue weighted by atomic mass is 16.5. The maximum atomic E-state index is 13.1. The van der Waals surface area contributed by atoms with Gasteiger partial charge in [0.15, 0.2) is 0 Å². The molecular formula is C25H22N2O5. The number of anilines is 1. The van der Waals surface area contributed by atoms with Crippen LogP contribution in [-0.4, -0.2) is 33.0 Å². The summed E-state index contributed by atoms with van der Waals surface area (Å²) in [5, 5.41) is 21.5. The van der Waals surface area contributed by atoms with Crippen LogP contribution in [0.15, 0.2) is 78.6 Å². The molecule has 32 heavy (non-hydrogen) atoms. The van der Waals surface area contributed by atoms with E-state index >= 15 is 0 Å². The van der Waals surface area contributed by atoms with Crippen molar-refractivity contribution in [2.24, 2.45) is 0 Å². The Kier molecular flexibility index (Phi) is 5.64. The highest BCUT2D eigenvalue weighted by Gasteiger charge is 2.47. The van der Waals surface area contributed by atoms with Gasteiger partial charge in [0.05, 0.1) is 23.4 Å². The van der Waals surface area contributed by atoms with Crippen molar-refractivity contribution in [1.29, 1.82) is 0 Å². The van der Waals surface area contributed by atoms with Gasteiger partial charge in [-0.2, -0.15) is 0 Å². The number of aliphatic hydroxyl groups excluding tert-OH is 1. The highest BCUT2D eigenvalue weighted by molar-refractivity contribution is 6.51. The molecule has 1 atom stereocenters. The van der Waals surface area contributed by atoms with Gasteiger partial charge in [-0.25, -0.2) is 0 Å². The van der Waals surface area contributed by atoms with Crippen LogP contribution >= 0.6 is 0 Å². The monoisotopic (exact) mass is 430 g/mol. The van der Waals surface area contributed by atoms with Crippen LogP contribution in [0, 0.1) is 0 Å². The van der Waals surface area contributed by atoms with Crippen LogP contribution in [0.2, 0.25) is 0 Å². The Morgan fingerprint density at radius 3 is 2.38 bits per heavy atom. The van der Waals surface area contributed by atoms with Gasteiger partial charge in [-0.15, -0.1) is 0 Å². The summed E-state index contributed by atoms with van der Waals surface area (Å²) in [5.41, 5.74) is 0.980. The second-order valence-corrected chi connectivity index (χ2v) is 7.64. The first kappa shape index (κ1) is 21.1. The normalized spacial score (nSPS) is 17.7. The van der Waals surface area contributed by atoms with Crippen molar-refractivity contribution in [2.45, 2.75) is 26.0 Å². The lowest BCUT2D eigenvalue weighted by molar-refractivity contribution is -0.132. The first-order valence-corrected chi connectivity index (χ1v) is 10.1. The van der Waals surface area contributed by atoms with Crippen LogP contribution in [0.5, 0.6) is 11.5 Å². The lowest BCUT2D eigenvalue weighted by Crippen LogP contribution is -2.29. The summed E-state index contributed by atoms with van der Waals surface area (Å²) < 4.78 is 5.63. The zero-order chi connectivity index (χ0) is 22.8. The summed E-state index contributed by atoms with van der Waals surface area (Å²) in [6.45, 7) is 3.81. The molecule has 1 saturated heterocycles. The highest BCUT2D eigenvalue weighted by Crippen LogP contribution is 2.44. The number of rotatable bonds is 5. The number of benzene rings is 2. The van der Waals surface area contributed by atoms with Crippen molar-refractivity contribution in [3.63, 3.8) is 0 Å². The number of pyridine rings is 1. The first-order valence-electron chi connectivity index (χ1n) is 10.1. The molecular weight excluding hydrogens is 408 g/mol. The number of hydrogen-bond donors (Lipinski definition) is 2. The van der Waals surface area contributed by atoms with Gasteiger partial charge in [-0.3, -0.25) is 19.5 Å². The Bertz CT molecular complexity index is 1190. The molecule has 1 aliphatic heterocycles. The Morgan fingerprint density at radius 2 is 1.75 bits per heavy atom. The average molecular weight is 430 g/mol. The third-order valence-corrected chi connectivity index (χ3v) is 5.09. The van der Waals surface area contributed by atoms with E-state index in [9.17, 15) is 19.8 Å². The molecule has 4 rings (SSSR count). The van der Waals surface area contributed by atoms with E-state index in [-0.39, 0.29) is 28.9 Å². The van der Waals surface area contributed by atoms with Gasteiger partial charge in [0.2, 0.25) is 0 Å². The van der Waals surface area contributed by atoms with E-state index in [4.69, 9.17) is 4.74 Å². The third kappa shape index (κ3) is 3.80. The first-order chi connectivity index (χ1) is 15.4. The molecule has 2 aromatic carbocycles. The van der Waals surface area contributed by atoms with Crippen molar-refractivity contribution < 1.29 is 24.5 Å². The summed E-state index contributed by atoms with van der Waals surface area (Å²) in [5.74, 6) is -1.54. The van der Waals surface area contributed by atoms with Crippen LogP contribution in [0.3, 0.4) is 0 Å². The summed E-state index contributed by atoms with van der Waals surface area (Å²) in [4.78, 5) is 31.4. The largest absolute Gasteiger partial charge is 0.507 e. The molecule has 1 fully saturated rings. The second kappa shape index (κ2) is 8.55. The number of phenolic OH excluding ortho intramolecular Hbond substituents is 1. The zero-order valence-corrected chi connectivity index (χ0v) is 17.6. The van der Waals surface area contributed by atoms with E-state index in [0.29, 0.717) is 16.9 Å². The molecule has 1 unspecified atom stereocenters. The number of ketones is 1. The molecule has 1 aliphatic rings. The van der Waals surface area contributed by atoms with Crippen molar-refractivity contribution in [2.75, 3.05) is 4.90 Å². The molecule has 0 spiro atoms. The van der Waals surface area contributed by atoms with Crippen molar-refractivity contribution in [1.82, 2.24) is 4.98 Å². The fourth-order valence-corrected chi connectivity index (χ4v) is 3.72. The smallest absolute Gasteiger partial charge is 0.300 e. The molecule has 1 amide bonds. The van der Waals surface area contributed by atoms with Crippen LogP contribution in [0.1, 0.15) is 31.0 Å². The molecule has 1 aromatic heterocycles. The molecule has 0 saturated carbocycles. The molecule has 0 bridgehead atoms. The zero-order valence-electron chi connectivity index (χ0n) is 17.6. The van der Waals surface area contributed by atoms with Gasteiger partial charge >= 0.3 is 0 Å². The van der Waals surface area contributed by atoms with Crippen LogP contribution in [0.4, 0.5) is 5.69 Å². The predicted molar refractivity (Wildman–Crippen MR) is 119 cm³/mol. The van der Waals surface area contributed by atoms with E-state index in [1.807, 2.05) is 13.8 Å². The van der Waals surface area contributed by atoms with E-state index in [2.05, 4.69) is 4.98 Å². The number of nitrogens with zero attached hydrogens (tertiary/aromatic N) is 2. The Balaban J connectivity index is 1.87. The number of aromatic nitrogens is 1. The fourth-order valence-electron chi connectivity index (χ4n) is 3.72. The molecule has 3 aromatic rings. The summed E-state index contributed by atoms with van der Waals surface area (Å²) in [7, 11) is 0. The molecule has 2 N–H and O–H groups in total. The molecule has 7 heteroatoms. The Morgan fingerprint density at radius 1 is 1.03 bits per heavy atom. The maximum Gasteiger partial charge on any atom is 0.300 e. The number of phenols is 1. The van der Waals surface area contributed by atoms with E-state index < -0.39 is 17.7 Å². The van der Waals surface area contributed by atoms with E-state index in [1.54, 1.807) is 60.8 Å². The Labute approximate surface area is 185 Å². The number of aliphatic hydroxyl groups is 1. The van der Waals surface area contributed by atoms with Gasteiger partial charge < -0.3 is 14.9 Å². The number of aromatic hydroxyl groups is 1. The minimum Gasteiger partial charge on any atom is -0.507 e. The standard InChI is InChI=1S/C25H22N2O5/c1-15(2)32-18-11-9-16(10-12-18)23(29)21-22(17-6-5-13-26-14-17)27(25(31)24(21)30)19-7-3-4-8-20(19)28/h3-15,22,28-29H,1-2H3/b23-21+. The number of hydrogen-bond acceptors (Lipinski definition) is 6. The van der Waals surface area contributed by atoms with Crippen LogP contribution in [-0.2, 0) is 9.59 Å². The number of ether oxygens (including phenoxy) is 1. The molecule has 0 aliphatic carbocycles. The number of amides is 1. The topological polar surface area (TPSA) is 100.0 Å². The van der Waals surface area contributed by atoms with Gasteiger partial charge in [0.25, 0.3) is 11.7 Å². The SMILES string of the molecule is CC(C)Oc1ccc(/C(O)=C2\C(=O)C(=O)N(c3ccccc3O)C2c2cccnc2)cc1. The van der Waals surface area contributed by atoms with Crippen LogP contribution in [0.25, 0.3) is 5.76 Å². The lowest BCUT2D eigenvalue weighted by Gasteiger charge is -2.25. The predicted octanol–water partition coefficient (Wildman–Crippen LogP) is 4.20. The summed E-state index contributed by atoms with van der Waals surface area (Å²) in [6, 6.07) is 15.3. The van der Waals surface area contributed by atoms with Gasteiger partial charge in [-0.05, 0) is 61.9 Å². The number of para-hydroxylation sites is 2. The minimum absolute atomic E-state index is 0.0103. The molecule has 7 nitrogen and oxygen atoms in total. The lowest BCUT2D eigenvalue weighted by atomic mass is 9.96. The maximum absolute atomic E-state index is 13.1. The van der Waals surface area contributed by atoms with Crippen molar-refractivity contribution in [3.8, 4) is 11.5 Å². The number of carbonyl (C=O) groups is 2. The van der Waals surface area contributed by atoms with Crippen molar-refractivity contribution >= 4 is 23.1 Å². The third-order valence-electron chi connectivity index (χ3n) is 5.09. The van der Waals surface area contributed by atoms with Crippen LogP contribution < -0.4 is 9.64 Å². The van der Waals surface area contributed by atoms with E-state index in [1.165, 1.54) is 17.2 Å². The average Bonchev–Trinajstić information content (AvgIpc) is 3.05. The van der Waals surface area contributed by atoms with Gasteiger partial charge in [0, 0.05) is 18.0 Å². The summed E-state index contributed by atoms with van der Waals surface area (Å²) in [6.07, 6.45) is 3.09. The fraction of sp³-hybridized carbons (Fsp3) is 0.160. The molecule has 162 valence electrons. The van der Waals surface area contributed by atoms with Gasteiger partial charge in [0.1, 0.15) is 17.3 Å². The number of carbonyl (C=O) groups excluding carboxylic acids is 2. The molecule has 2 heterocycles. The summed E-state index contributed by atoms with van der Waals surface area (Å²) >= 11 is 0. The quantitative estimate of drug-likeness (QED) is 0.358. The number of Topliss-reactive ketones (excluding diaryl/α,β-unsaturated/α-hetero) is 1. The van der Waals surface area contributed by atoms with E-state index in [0.717, 1.165) is 0 Å². The molecule has 0 radical (unpaired) electrons. The Hall–Kier alpha value is -4.13. The van der Waals surface area contributed by atoms with Crippen molar-refractivity contribution in [3.05, 3.63) is 89.8 Å². The second-order valence-electron chi connectivity index (χ2n) is 7.64. The van der Waals surface area contributed by atoms with Gasteiger partial charge in [-0.1, -0.05) is 18.2 Å².